The molecule has 32 heavy (non-hydrogen) atoms. The van der Waals surface area contributed by atoms with Crippen LogP contribution in [0.4, 0.5) is 5.82 Å². The van der Waals surface area contributed by atoms with Gasteiger partial charge in [-0.25, -0.2) is 4.98 Å². The fourth-order valence-corrected chi connectivity index (χ4v) is 3.55. The van der Waals surface area contributed by atoms with Gasteiger partial charge in [-0.15, -0.1) is 0 Å². The van der Waals surface area contributed by atoms with Crippen molar-refractivity contribution in [2.75, 3.05) is 12.4 Å². The molecule has 0 unspecified atom stereocenters. The van der Waals surface area contributed by atoms with Gasteiger partial charge >= 0.3 is 0 Å². The van der Waals surface area contributed by atoms with E-state index < -0.39 is 0 Å². The highest BCUT2D eigenvalue weighted by atomic mass is 16.5. The van der Waals surface area contributed by atoms with Crippen LogP contribution in [0.15, 0.2) is 84.9 Å². The van der Waals surface area contributed by atoms with E-state index in [9.17, 15) is 4.79 Å². The van der Waals surface area contributed by atoms with E-state index in [1.54, 1.807) is 19.2 Å². The standard InChI is InChI=1S/C25H21N5O2/c1-32-19-13-11-17(12-14-19)16-30-22(24-26-20-9-5-6-10-21(20)27-24)15-23(29-30)28-25(31)18-7-3-2-4-8-18/h2-15H,16H2,1H3,(H,26,27)(H,28,29,31). The number of para-hydroxylation sites is 2. The number of aromatic amines is 1. The maximum Gasteiger partial charge on any atom is 0.256 e. The number of rotatable bonds is 6. The van der Waals surface area contributed by atoms with Crippen LogP contribution >= 0.6 is 0 Å². The highest BCUT2D eigenvalue weighted by Crippen LogP contribution is 2.25. The maximum absolute atomic E-state index is 12.6. The molecule has 0 aliphatic heterocycles. The van der Waals surface area contributed by atoms with Gasteiger partial charge in [-0.3, -0.25) is 9.48 Å². The molecule has 0 aliphatic rings. The Morgan fingerprint density at radius 2 is 1.75 bits per heavy atom. The number of nitrogens with one attached hydrogen (secondary N) is 2. The molecule has 0 saturated carbocycles. The number of hydrogen-bond acceptors (Lipinski definition) is 4. The van der Waals surface area contributed by atoms with Crippen molar-refractivity contribution in [3.63, 3.8) is 0 Å². The van der Waals surface area contributed by atoms with Gasteiger partial charge in [0.15, 0.2) is 11.6 Å². The number of fused-ring (bicyclic) bond motifs is 1. The van der Waals surface area contributed by atoms with Gasteiger partial charge < -0.3 is 15.0 Å². The average molecular weight is 423 g/mol. The van der Waals surface area contributed by atoms with Gasteiger partial charge in [0.2, 0.25) is 0 Å². The number of methoxy groups -OCH3 is 1. The van der Waals surface area contributed by atoms with Gasteiger partial charge in [-0.05, 0) is 42.0 Å². The lowest BCUT2D eigenvalue weighted by molar-refractivity contribution is 0.102. The number of anilines is 1. The Hall–Kier alpha value is -4.39. The number of aromatic nitrogens is 4. The summed E-state index contributed by atoms with van der Waals surface area (Å²) < 4.78 is 7.08. The second kappa shape index (κ2) is 8.39. The van der Waals surface area contributed by atoms with Crippen LogP contribution in [0, 0.1) is 0 Å². The molecule has 5 rings (SSSR count). The Morgan fingerprint density at radius 1 is 1.00 bits per heavy atom. The lowest BCUT2D eigenvalue weighted by Crippen LogP contribution is -2.12. The zero-order valence-electron chi connectivity index (χ0n) is 17.4. The van der Waals surface area contributed by atoms with E-state index in [1.807, 2.05) is 77.5 Å². The molecule has 158 valence electrons. The second-order valence-electron chi connectivity index (χ2n) is 7.34. The summed E-state index contributed by atoms with van der Waals surface area (Å²) in [7, 11) is 1.64. The molecular formula is C25H21N5O2. The normalized spacial score (nSPS) is 10.9. The summed E-state index contributed by atoms with van der Waals surface area (Å²) in [6, 6.07) is 26.6. The van der Waals surface area contributed by atoms with Crippen LogP contribution in [-0.2, 0) is 6.54 Å². The van der Waals surface area contributed by atoms with Crippen molar-refractivity contribution in [2.45, 2.75) is 6.54 Å². The summed E-state index contributed by atoms with van der Waals surface area (Å²) in [5.41, 5.74) is 4.21. The number of nitrogens with zero attached hydrogens (tertiary/aromatic N) is 3. The number of carbonyl (C=O) groups is 1. The van der Waals surface area contributed by atoms with Crippen molar-refractivity contribution >= 4 is 22.8 Å². The number of hydrogen-bond donors (Lipinski definition) is 2. The van der Waals surface area contributed by atoms with E-state index >= 15 is 0 Å². The minimum Gasteiger partial charge on any atom is -0.497 e. The van der Waals surface area contributed by atoms with Crippen LogP contribution < -0.4 is 10.1 Å². The summed E-state index contributed by atoms with van der Waals surface area (Å²) in [6.07, 6.45) is 0. The van der Waals surface area contributed by atoms with E-state index in [1.165, 1.54) is 0 Å². The Bertz CT molecular complexity index is 1340. The van der Waals surface area contributed by atoms with Gasteiger partial charge in [-0.1, -0.05) is 42.5 Å². The summed E-state index contributed by atoms with van der Waals surface area (Å²) in [6.45, 7) is 0.511. The Morgan fingerprint density at radius 3 is 2.50 bits per heavy atom. The third kappa shape index (κ3) is 3.96. The maximum atomic E-state index is 12.6. The molecule has 0 spiro atoms. The predicted molar refractivity (Wildman–Crippen MR) is 124 cm³/mol. The topological polar surface area (TPSA) is 84.8 Å². The van der Waals surface area contributed by atoms with Gasteiger partial charge in [-0.2, -0.15) is 5.10 Å². The molecule has 0 aliphatic carbocycles. The van der Waals surface area contributed by atoms with Crippen molar-refractivity contribution < 1.29 is 9.53 Å². The number of ether oxygens (including phenoxy) is 1. The Labute approximate surface area is 184 Å². The van der Waals surface area contributed by atoms with Gasteiger partial charge in [0, 0.05) is 11.6 Å². The van der Waals surface area contributed by atoms with Gasteiger partial charge in [0.05, 0.1) is 24.7 Å². The summed E-state index contributed by atoms with van der Waals surface area (Å²) in [5, 5.41) is 7.55. The van der Waals surface area contributed by atoms with E-state index in [4.69, 9.17) is 9.72 Å². The highest BCUT2D eigenvalue weighted by molar-refractivity contribution is 6.03. The van der Waals surface area contributed by atoms with Crippen molar-refractivity contribution in [3.05, 3.63) is 96.1 Å². The molecule has 2 heterocycles. The van der Waals surface area contributed by atoms with Crippen LogP contribution in [0.1, 0.15) is 15.9 Å². The monoisotopic (exact) mass is 423 g/mol. The van der Waals surface area contributed by atoms with Crippen molar-refractivity contribution in [1.82, 2.24) is 19.7 Å². The molecule has 2 aromatic heterocycles. The van der Waals surface area contributed by atoms with Crippen LogP contribution in [0.5, 0.6) is 5.75 Å². The number of benzene rings is 3. The number of imidazole rings is 1. The Balaban J connectivity index is 1.51. The first kappa shape index (κ1) is 19.6. The minimum absolute atomic E-state index is 0.212. The first-order valence-corrected chi connectivity index (χ1v) is 10.2. The molecule has 0 saturated heterocycles. The second-order valence-corrected chi connectivity index (χ2v) is 7.34. The smallest absolute Gasteiger partial charge is 0.256 e. The van der Waals surface area contributed by atoms with E-state index in [2.05, 4.69) is 15.4 Å². The number of carbonyl (C=O) groups excluding carboxylic acids is 1. The quantitative estimate of drug-likeness (QED) is 0.413. The third-order valence-corrected chi connectivity index (χ3v) is 5.18. The van der Waals surface area contributed by atoms with E-state index in [0.717, 1.165) is 28.0 Å². The Kier molecular flexibility index (Phi) is 5.13. The molecule has 2 N–H and O–H groups in total. The lowest BCUT2D eigenvalue weighted by atomic mass is 10.2. The molecule has 5 aromatic rings. The molecule has 7 heteroatoms. The molecule has 0 radical (unpaired) electrons. The van der Waals surface area contributed by atoms with E-state index in [0.29, 0.717) is 23.8 Å². The first-order chi connectivity index (χ1) is 15.7. The molecule has 0 fully saturated rings. The largest absolute Gasteiger partial charge is 0.497 e. The summed E-state index contributed by atoms with van der Waals surface area (Å²) in [4.78, 5) is 20.7. The highest BCUT2D eigenvalue weighted by Gasteiger charge is 2.16. The summed E-state index contributed by atoms with van der Waals surface area (Å²) >= 11 is 0. The lowest BCUT2D eigenvalue weighted by Gasteiger charge is -2.07. The number of H-pyrrole nitrogens is 1. The van der Waals surface area contributed by atoms with Gasteiger partial charge in [0.25, 0.3) is 5.91 Å². The van der Waals surface area contributed by atoms with Crippen molar-refractivity contribution in [1.29, 1.82) is 0 Å². The zero-order valence-corrected chi connectivity index (χ0v) is 17.4. The molecule has 1 amide bonds. The molecule has 0 atom stereocenters. The zero-order chi connectivity index (χ0) is 21.9. The minimum atomic E-state index is -0.212. The van der Waals surface area contributed by atoms with Crippen molar-refractivity contribution in [3.8, 4) is 17.3 Å². The fraction of sp³-hybridized carbons (Fsp3) is 0.0800. The SMILES string of the molecule is COc1ccc(Cn2nc(NC(=O)c3ccccc3)cc2-c2nc3ccccc3[nH]2)cc1. The molecule has 7 nitrogen and oxygen atoms in total. The first-order valence-electron chi connectivity index (χ1n) is 10.2. The van der Waals surface area contributed by atoms with Gasteiger partial charge in [0.1, 0.15) is 11.4 Å². The molecule has 3 aromatic carbocycles. The van der Waals surface area contributed by atoms with Crippen LogP contribution in [0.2, 0.25) is 0 Å². The van der Waals surface area contributed by atoms with Crippen LogP contribution in [0.3, 0.4) is 0 Å². The van der Waals surface area contributed by atoms with Crippen molar-refractivity contribution in [2.24, 2.45) is 0 Å². The predicted octanol–water partition coefficient (Wildman–Crippen LogP) is 4.74. The molecular weight excluding hydrogens is 402 g/mol. The average Bonchev–Trinajstić information content (AvgIpc) is 3.44. The van der Waals surface area contributed by atoms with Crippen LogP contribution in [-0.4, -0.2) is 32.8 Å². The van der Waals surface area contributed by atoms with Crippen LogP contribution in [0.25, 0.3) is 22.6 Å². The summed E-state index contributed by atoms with van der Waals surface area (Å²) in [5.74, 6) is 1.73. The fourth-order valence-electron chi connectivity index (χ4n) is 3.55. The number of amides is 1. The third-order valence-electron chi connectivity index (χ3n) is 5.18. The van der Waals surface area contributed by atoms with E-state index in [-0.39, 0.29) is 5.91 Å². The molecule has 0 bridgehead atoms.